The minimum atomic E-state index is -0.868. The summed E-state index contributed by atoms with van der Waals surface area (Å²) >= 11 is 9.16. The van der Waals surface area contributed by atoms with Gasteiger partial charge in [0.05, 0.1) is 6.54 Å². The summed E-state index contributed by atoms with van der Waals surface area (Å²) in [5, 5.41) is 10.4. The third kappa shape index (κ3) is 2.01. The van der Waals surface area contributed by atoms with E-state index in [1.807, 2.05) is 24.3 Å². The molecule has 0 fully saturated rings. The molecule has 0 bridgehead atoms. The topological polar surface area (TPSA) is 56.3 Å². The molecule has 1 aromatic heterocycles. The molecule has 0 saturated carbocycles. The maximum Gasteiger partial charge on any atom is 0.326 e. The lowest BCUT2D eigenvalue weighted by Crippen LogP contribution is -2.46. The Labute approximate surface area is 120 Å². The molecule has 0 spiro atoms. The van der Waals surface area contributed by atoms with Crippen LogP contribution in [0.4, 0.5) is 0 Å². The zero-order valence-electron chi connectivity index (χ0n) is 9.96. The van der Waals surface area contributed by atoms with E-state index in [1.165, 1.54) is 0 Å². The van der Waals surface area contributed by atoms with Gasteiger partial charge in [-0.15, -0.1) is 12.6 Å². The quantitative estimate of drug-likeness (QED) is 0.557. The number of H-pyrrole nitrogens is 1. The number of carboxylic acid groups (broad SMARTS) is 1. The van der Waals surface area contributed by atoms with Crippen molar-refractivity contribution in [3.63, 3.8) is 0 Å². The number of nitrogens with zero attached hydrogens (tertiary/aromatic N) is 1. The first-order valence-corrected chi connectivity index (χ1v) is 6.74. The number of benzene rings is 1. The number of para-hydroxylation sites is 1. The smallest absolute Gasteiger partial charge is 0.326 e. The number of carboxylic acids is 1. The van der Waals surface area contributed by atoms with Crippen molar-refractivity contribution in [2.75, 3.05) is 0 Å². The molecule has 1 aromatic carbocycles. The molecule has 0 aliphatic carbocycles. The van der Waals surface area contributed by atoms with Crippen molar-refractivity contribution in [3.8, 4) is 0 Å². The van der Waals surface area contributed by atoms with Crippen LogP contribution in [0, 0.1) is 0 Å². The molecule has 2 heterocycles. The first-order chi connectivity index (χ1) is 9.08. The van der Waals surface area contributed by atoms with Gasteiger partial charge in [-0.1, -0.05) is 30.4 Å². The maximum atomic E-state index is 11.4. The molecule has 0 saturated heterocycles. The van der Waals surface area contributed by atoms with Gasteiger partial charge in [-0.25, -0.2) is 4.79 Å². The Morgan fingerprint density at radius 3 is 2.89 bits per heavy atom. The Hall–Kier alpha value is -1.53. The average Bonchev–Trinajstić information content (AvgIpc) is 2.74. The molecule has 0 radical (unpaired) electrons. The number of carbonyl (C=O) groups is 1. The Kier molecular flexibility index (Phi) is 2.99. The number of thiol groups is 1. The van der Waals surface area contributed by atoms with Crippen LogP contribution in [0.5, 0.6) is 0 Å². The second-order valence-corrected chi connectivity index (χ2v) is 5.71. The third-order valence-electron chi connectivity index (χ3n) is 3.53. The van der Waals surface area contributed by atoms with Crippen molar-refractivity contribution < 1.29 is 9.90 Å². The number of thiocarbonyl (C=S) groups is 1. The Morgan fingerprint density at radius 1 is 1.47 bits per heavy atom. The fourth-order valence-corrected chi connectivity index (χ4v) is 3.03. The summed E-state index contributed by atoms with van der Waals surface area (Å²) in [5.41, 5.74) is 3.13. The highest BCUT2D eigenvalue weighted by Crippen LogP contribution is 2.30. The number of aromatic amines is 1. The zero-order chi connectivity index (χ0) is 13.6. The molecule has 1 aliphatic heterocycles. The fraction of sp³-hybridized carbons (Fsp3) is 0.231. The predicted octanol–water partition coefficient (Wildman–Crippen LogP) is 2.19. The van der Waals surface area contributed by atoms with Crippen molar-refractivity contribution >= 4 is 46.0 Å². The number of rotatable bonds is 1. The molecule has 1 atom stereocenters. The number of hydrogen-bond acceptors (Lipinski definition) is 2. The van der Waals surface area contributed by atoms with E-state index in [4.69, 9.17) is 12.2 Å². The molecule has 4 nitrogen and oxygen atoms in total. The van der Waals surface area contributed by atoms with E-state index in [1.54, 1.807) is 4.90 Å². The van der Waals surface area contributed by atoms with Gasteiger partial charge in [0.25, 0.3) is 0 Å². The Morgan fingerprint density at radius 2 is 2.21 bits per heavy atom. The van der Waals surface area contributed by atoms with Crippen LogP contribution in [0.25, 0.3) is 10.9 Å². The summed E-state index contributed by atoms with van der Waals surface area (Å²) in [7, 11) is 0. The molecule has 1 unspecified atom stereocenters. The van der Waals surface area contributed by atoms with Gasteiger partial charge in [-0.3, -0.25) is 0 Å². The van der Waals surface area contributed by atoms with Crippen LogP contribution in [0.2, 0.25) is 0 Å². The Bertz CT molecular complexity index is 680. The van der Waals surface area contributed by atoms with E-state index in [0.717, 1.165) is 22.2 Å². The highest BCUT2D eigenvalue weighted by molar-refractivity contribution is 8.10. The number of aromatic nitrogens is 1. The molecular formula is C13H12N2O2S2. The van der Waals surface area contributed by atoms with E-state index in [0.29, 0.717) is 17.3 Å². The molecule has 1 aliphatic rings. The second-order valence-electron chi connectivity index (χ2n) is 4.60. The fourth-order valence-electron chi connectivity index (χ4n) is 2.63. The van der Waals surface area contributed by atoms with Gasteiger partial charge in [0.15, 0.2) is 0 Å². The number of nitrogens with one attached hydrogen (secondary N) is 1. The molecule has 19 heavy (non-hydrogen) atoms. The van der Waals surface area contributed by atoms with Crippen LogP contribution in [0.3, 0.4) is 0 Å². The van der Waals surface area contributed by atoms with Gasteiger partial charge in [-0.2, -0.15) is 0 Å². The largest absolute Gasteiger partial charge is 0.480 e. The monoisotopic (exact) mass is 292 g/mol. The van der Waals surface area contributed by atoms with Crippen molar-refractivity contribution in [3.05, 3.63) is 35.5 Å². The van der Waals surface area contributed by atoms with Crippen LogP contribution >= 0.6 is 24.8 Å². The maximum absolute atomic E-state index is 11.4. The van der Waals surface area contributed by atoms with Gasteiger partial charge >= 0.3 is 5.97 Å². The van der Waals surface area contributed by atoms with Crippen molar-refractivity contribution in [1.82, 2.24) is 9.88 Å². The summed E-state index contributed by atoms with van der Waals surface area (Å²) in [4.78, 5) is 16.4. The standard InChI is InChI=1S/C13H12N2O2S2/c16-12(17)11-5-8-7-3-1-2-4-9(7)14-10(8)6-15(11)13(18)19/h1-4,11,14H,5-6H2,(H,16,17)(H,18,19). The van der Waals surface area contributed by atoms with Crippen LogP contribution in [-0.4, -0.2) is 31.3 Å². The van der Waals surface area contributed by atoms with Crippen LogP contribution in [0.15, 0.2) is 24.3 Å². The molecule has 2 aromatic rings. The summed E-state index contributed by atoms with van der Waals surface area (Å²) < 4.78 is 0.316. The van der Waals surface area contributed by atoms with Gasteiger partial charge < -0.3 is 15.0 Å². The highest BCUT2D eigenvalue weighted by Gasteiger charge is 2.33. The predicted molar refractivity (Wildman–Crippen MR) is 80.6 cm³/mol. The first-order valence-electron chi connectivity index (χ1n) is 5.88. The van der Waals surface area contributed by atoms with Crippen molar-refractivity contribution in [2.24, 2.45) is 0 Å². The molecule has 6 heteroatoms. The minimum Gasteiger partial charge on any atom is -0.480 e. The van der Waals surface area contributed by atoms with E-state index in [9.17, 15) is 9.90 Å². The lowest BCUT2D eigenvalue weighted by Gasteiger charge is -2.33. The second kappa shape index (κ2) is 4.54. The van der Waals surface area contributed by atoms with Crippen LogP contribution in [0.1, 0.15) is 11.3 Å². The number of hydrogen-bond donors (Lipinski definition) is 3. The summed E-state index contributed by atoms with van der Waals surface area (Å²) in [6, 6.07) is 7.28. The molecule has 0 amide bonds. The van der Waals surface area contributed by atoms with E-state index < -0.39 is 12.0 Å². The highest BCUT2D eigenvalue weighted by atomic mass is 32.1. The third-order valence-corrected chi connectivity index (χ3v) is 4.03. The van der Waals surface area contributed by atoms with E-state index in [-0.39, 0.29) is 0 Å². The van der Waals surface area contributed by atoms with Crippen LogP contribution < -0.4 is 0 Å². The summed E-state index contributed by atoms with van der Waals surface area (Å²) in [6.07, 6.45) is 0.440. The number of fused-ring (bicyclic) bond motifs is 3. The Balaban J connectivity index is 2.12. The van der Waals surface area contributed by atoms with E-state index in [2.05, 4.69) is 17.6 Å². The summed E-state index contributed by atoms with van der Waals surface area (Å²) in [6.45, 7) is 0.462. The number of aliphatic carboxylic acids is 1. The normalized spacial score (nSPS) is 18.4. The minimum absolute atomic E-state index is 0.316. The van der Waals surface area contributed by atoms with Gasteiger partial charge in [0.2, 0.25) is 0 Å². The molecule has 98 valence electrons. The lowest BCUT2D eigenvalue weighted by molar-refractivity contribution is -0.142. The summed E-state index contributed by atoms with van der Waals surface area (Å²) in [5.74, 6) is -0.868. The zero-order valence-corrected chi connectivity index (χ0v) is 11.7. The first kappa shape index (κ1) is 12.5. The van der Waals surface area contributed by atoms with Crippen molar-refractivity contribution in [1.29, 1.82) is 0 Å². The molecular weight excluding hydrogens is 280 g/mol. The van der Waals surface area contributed by atoms with Crippen molar-refractivity contribution in [2.45, 2.75) is 19.0 Å². The van der Waals surface area contributed by atoms with Gasteiger partial charge in [0, 0.05) is 23.0 Å². The lowest BCUT2D eigenvalue weighted by atomic mass is 9.97. The molecule has 2 N–H and O–H groups in total. The average molecular weight is 292 g/mol. The van der Waals surface area contributed by atoms with E-state index >= 15 is 0 Å². The molecule has 3 rings (SSSR count). The SMILES string of the molecule is O=C(O)C1Cc2c([nH]c3ccccc23)CN1C(=S)S. The van der Waals surface area contributed by atoms with Gasteiger partial charge in [-0.05, 0) is 11.6 Å². The van der Waals surface area contributed by atoms with Gasteiger partial charge in [0.1, 0.15) is 10.4 Å². The van der Waals surface area contributed by atoms with Crippen LogP contribution in [-0.2, 0) is 17.8 Å².